The van der Waals surface area contributed by atoms with Crippen molar-refractivity contribution in [1.82, 2.24) is 24.2 Å². The molecule has 1 aromatic carbocycles. The number of hydrogen-bond acceptors (Lipinski definition) is 6. The van der Waals surface area contributed by atoms with E-state index in [1.807, 2.05) is 32.0 Å². The summed E-state index contributed by atoms with van der Waals surface area (Å²) >= 11 is 0. The molecular weight excluding hydrogens is 368 g/mol. The molecule has 4 rings (SSSR count). The second kappa shape index (κ2) is 7.79. The van der Waals surface area contributed by atoms with Gasteiger partial charge in [0.1, 0.15) is 0 Å². The van der Waals surface area contributed by atoms with Gasteiger partial charge in [-0.25, -0.2) is 9.67 Å². The third-order valence-electron chi connectivity index (χ3n) is 5.46. The van der Waals surface area contributed by atoms with Gasteiger partial charge in [-0.1, -0.05) is 0 Å². The van der Waals surface area contributed by atoms with Gasteiger partial charge in [-0.15, -0.1) is 0 Å². The lowest BCUT2D eigenvalue weighted by Crippen LogP contribution is -2.46. The Hall–Kier alpha value is -3.00. The third-order valence-corrected chi connectivity index (χ3v) is 5.46. The van der Waals surface area contributed by atoms with E-state index in [4.69, 9.17) is 0 Å². The Bertz CT molecular complexity index is 1140. The molecule has 8 heteroatoms. The van der Waals surface area contributed by atoms with E-state index in [-0.39, 0.29) is 17.2 Å². The highest BCUT2D eigenvalue weighted by atomic mass is 16.1. The lowest BCUT2D eigenvalue weighted by molar-refractivity contribution is 0.245. The standard InChI is InChI=1S/C21H26N6O2/c1-15(2)27-14-22-19-12-17(5-6-18(19)21(27)29)26-10-8-25(9-11-26)13-16-4-7-20(28)24(3)23-16/h4-7,12,14-15H,8-11,13H2,1-3H3. The molecule has 0 saturated carbocycles. The van der Waals surface area contributed by atoms with Crippen LogP contribution in [0.1, 0.15) is 25.6 Å². The van der Waals surface area contributed by atoms with Gasteiger partial charge in [0.2, 0.25) is 0 Å². The van der Waals surface area contributed by atoms with Crippen molar-refractivity contribution in [1.29, 1.82) is 0 Å². The minimum atomic E-state index is -0.0939. The van der Waals surface area contributed by atoms with Crippen LogP contribution in [-0.4, -0.2) is 50.4 Å². The molecule has 0 N–H and O–H groups in total. The number of benzene rings is 1. The Morgan fingerprint density at radius 2 is 1.79 bits per heavy atom. The molecule has 1 aliphatic rings. The van der Waals surface area contributed by atoms with Gasteiger partial charge < -0.3 is 4.90 Å². The van der Waals surface area contributed by atoms with Crippen LogP contribution >= 0.6 is 0 Å². The number of aromatic nitrogens is 4. The smallest absolute Gasteiger partial charge is 0.266 e. The van der Waals surface area contributed by atoms with Crippen LogP contribution in [0.15, 0.2) is 46.2 Å². The molecule has 2 aromatic heterocycles. The third kappa shape index (κ3) is 3.93. The molecule has 1 aliphatic heterocycles. The maximum Gasteiger partial charge on any atom is 0.266 e. The quantitative estimate of drug-likeness (QED) is 0.666. The lowest BCUT2D eigenvalue weighted by Gasteiger charge is -2.36. The van der Waals surface area contributed by atoms with Gasteiger partial charge in [0.05, 0.1) is 22.9 Å². The van der Waals surface area contributed by atoms with E-state index in [0.29, 0.717) is 5.39 Å². The molecule has 0 aliphatic carbocycles. The summed E-state index contributed by atoms with van der Waals surface area (Å²) in [4.78, 5) is 33.2. The Balaban J connectivity index is 1.46. The highest BCUT2D eigenvalue weighted by molar-refractivity contribution is 5.81. The number of hydrogen-bond donors (Lipinski definition) is 0. The van der Waals surface area contributed by atoms with Crippen molar-refractivity contribution in [3.8, 4) is 0 Å². The first kappa shape index (κ1) is 19.3. The fourth-order valence-electron chi connectivity index (χ4n) is 3.72. The summed E-state index contributed by atoms with van der Waals surface area (Å²) in [5, 5.41) is 4.97. The predicted octanol–water partition coefficient (Wildman–Crippen LogP) is 1.39. The molecular formula is C21H26N6O2. The molecule has 0 bridgehead atoms. The lowest BCUT2D eigenvalue weighted by atomic mass is 10.2. The Kier molecular flexibility index (Phi) is 5.19. The van der Waals surface area contributed by atoms with E-state index in [0.717, 1.165) is 49.6 Å². The second-order valence-corrected chi connectivity index (χ2v) is 7.80. The van der Waals surface area contributed by atoms with Crippen molar-refractivity contribution < 1.29 is 0 Å². The van der Waals surface area contributed by atoms with E-state index < -0.39 is 0 Å². The molecule has 29 heavy (non-hydrogen) atoms. The molecule has 152 valence electrons. The van der Waals surface area contributed by atoms with Gasteiger partial charge in [0.15, 0.2) is 0 Å². The first-order valence-corrected chi connectivity index (χ1v) is 9.94. The Morgan fingerprint density at radius 1 is 1.03 bits per heavy atom. The first-order chi connectivity index (χ1) is 13.9. The normalized spacial score (nSPS) is 15.4. The highest BCUT2D eigenvalue weighted by Crippen LogP contribution is 2.21. The monoisotopic (exact) mass is 394 g/mol. The van der Waals surface area contributed by atoms with Crippen LogP contribution in [0.2, 0.25) is 0 Å². The number of piperazine rings is 1. The van der Waals surface area contributed by atoms with Gasteiger partial charge in [0, 0.05) is 57.6 Å². The Morgan fingerprint density at radius 3 is 2.48 bits per heavy atom. The van der Waals surface area contributed by atoms with Gasteiger partial charge in [-0.3, -0.25) is 19.1 Å². The van der Waals surface area contributed by atoms with Crippen molar-refractivity contribution in [2.75, 3.05) is 31.1 Å². The molecule has 0 spiro atoms. The van der Waals surface area contributed by atoms with Crippen LogP contribution in [0.25, 0.3) is 10.9 Å². The predicted molar refractivity (Wildman–Crippen MR) is 113 cm³/mol. The van der Waals surface area contributed by atoms with E-state index in [1.54, 1.807) is 30.1 Å². The molecule has 3 aromatic rings. The van der Waals surface area contributed by atoms with Crippen molar-refractivity contribution >= 4 is 16.6 Å². The topological polar surface area (TPSA) is 76.3 Å². The van der Waals surface area contributed by atoms with E-state index in [1.165, 1.54) is 4.68 Å². The van der Waals surface area contributed by atoms with Gasteiger partial charge in [-0.2, -0.15) is 5.10 Å². The Labute approximate surface area is 169 Å². The van der Waals surface area contributed by atoms with E-state index in [2.05, 4.69) is 19.9 Å². The minimum absolute atomic E-state index is 0.00568. The average Bonchev–Trinajstić information content (AvgIpc) is 2.71. The molecule has 1 saturated heterocycles. The summed E-state index contributed by atoms with van der Waals surface area (Å²) in [7, 11) is 1.67. The summed E-state index contributed by atoms with van der Waals surface area (Å²) in [5.41, 5.74) is 2.64. The fourth-order valence-corrected chi connectivity index (χ4v) is 3.72. The van der Waals surface area contributed by atoms with Crippen molar-refractivity contribution in [3.05, 3.63) is 63.1 Å². The largest absolute Gasteiger partial charge is 0.369 e. The fraction of sp³-hybridized carbons (Fsp3) is 0.429. The highest BCUT2D eigenvalue weighted by Gasteiger charge is 2.19. The average molecular weight is 394 g/mol. The molecule has 3 heterocycles. The maximum atomic E-state index is 12.6. The van der Waals surface area contributed by atoms with Gasteiger partial charge in [0.25, 0.3) is 11.1 Å². The van der Waals surface area contributed by atoms with Crippen LogP contribution in [0, 0.1) is 0 Å². The maximum absolute atomic E-state index is 12.6. The second-order valence-electron chi connectivity index (χ2n) is 7.80. The summed E-state index contributed by atoms with van der Waals surface area (Å²) in [6.07, 6.45) is 1.64. The number of rotatable bonds is 4. The van der Waals surface area contributed by atoms with Gasteiger partial charge >= 0.3 is 0 Å². The van der Waals surface area contributed by atoms with Crippen LogP contribution in [-0.2, 0) is 13.6 Å². The molecule has 0 atom stereocenters. The van der Waals surface area contributed by atoms with E-state index in [9.17, 15) is 9.59 Å². The number of anilines is 1. The zero-order valence-corrected chi connectivity index (χ0v) is 17.1. The first-order valence-electron chi connectivity index (χ1n) is 9.94. The molecule has 0 amide bonds. The zero-order chi connectivity index (χ0) is 20.5. The molecule has 8 nitrogen and oxygen atoms in total. The zero-order valence-electron chi connectivity index (χ0n) is 17.1. The van der Waals surface area contributed by atoms with Gasteiger partial charge in [-0.05, 0) is 38.1 Å². The molecule has 1 fully saturated rings. The number of fused-ring (bicyclic) bond motifs is 1. The number of nitrogens with zero attached hydrogens (tertiary/aromatic N) is 6. The van der Waals surface area contributed by atoms with Crippen LogP contribution in [0.4, 0.5) is 5.69 Å². The summed E-state index contributed by atoms with van der Waals surface area (Å²) < 4.78 is 3.04. The minimum Gasteiger partial charge on any atom is -0.369 e. The SMILES string of the molecule is CC(C)n1cnc2cc(N3CCN(Cc4ccc(=O)n(C)n4)CC3)ccc2c1=O. The molecule has 0 radical (unpaired) electrons. The van der Waals surface area contributed by atoms with E-state index >= 15 is 0 Å². The van der Waals surface area contributed by atoms with Crippen LogP contribution in [0.5, 0.6) is 0 Å². The van der Waals surface area contributed by atoms with Crippen molar-refractivity contribution in [2.45, 2.75) is 26.4 Å². The van der Waals surface area contributed by atoms with Crippen LogP contribution < -0.4 is 16.0 Å². The summed E-state index contributed by atoms with van der Waals surface area (Å²) in [6.45, 7) is 8.28. The summed E-state index contributed by atoms with van der Waals surface area (Å²) in [6, 6.07) is 9.36. The summed E-state index contributed by atoms with van der Waals surface area (Å²) in [5.74, 6) is 0. The molecule has 0 unspecified atom stereocenters. The number of aryl methyl sites for hydroxylation is 1. The van der Waals surface area contributed by atoms with Crippen LogP contribution in [0.3, 0.4) is 0 Å². The van der Waals surface area contributed by atoms with Crippen molar-refractivity contribution in [3.63, 3.8) is 0 Å². The van der Waals surface area contributed by atoms with Crippen molar-refractivity contribution in [2.24, 2.45) is 7.05 Å².